The molecule has 3 aromatic carbocycles. The summed E-state index contributed by atoms with van der Waals surface area (Å²) in [4.78, 5) is 32.7. The predicted octanol–water partition coefficient (Wildman–Crippen LogP) is 5.59. The number of rotatable bonds is 8. The van der Waals surface area contributed by atoms with Crippen LogP contribution in [0.25, 0.3) is 33.2 Å². The average Bonchev–Trinajstić information content (AvgIpc) is 3.28. The first-order valence-electron chi connectivity index (χ1n) is 12.0. The van der Waals surface area contributed by atoms with Crippen LogP contribution < -0.4 is 15.6 Å². The minimum atomic E-state index is -0.437. The van der Waals surface area contributed by atoms with Crippen LogP contribution in [0.3, 0.4) is 0 Å². The summed E-state index contributed by atoms with van der Waals surface area (Å²) in [6, 6.07) is 26.8. The molecule has 0 aliphatic carbocycles. The van der Waals surface area contributed by atoms with Crippen molar-refractivity contribution in [3.8, 4) is 17.1 Å². The third-order valence-corrected chi connectivity index (χ3v) is 6.24. The molecule has 2 heterocycles. The molecule has 0 bridgehead atoms. The number of fused-ring (bicyclic) bond motifs is 2. The minimum absolute atomic E-state index is 0.192. The molecule has 8 heteroatoms. The molecule has 2 amide bonds. The number of carbonyl (C=O) groups is 2. The highest BCUT2D eigenvalue weighted by atomic mass is 35.5. The second-order valence-electron chi connectivity index (χ2n) is 8.61. The van der Waals surface area contributed by atoms with E-state index in [0.29, 0.717) is 23.6 Å². The molecule has 0 unspecified atom stereocenters. The summed E-state index contributed by atoms with van der Waals surface area (Å²) in [6.45, 7) is -0.192. The third kappa shape index (κ3) is 5.90. The molecule has 7 nitrogen and oxygen atoms in total. The Kier molecular flexibility index (Phi) is 7.33. The maximum Gasteiger partial charge on any atom is 0.276 e. The first-order chi connectivity index (χ1) is 18.1. The van der Waals surface area contributed by atoms with Crippen LogP contribution in [0.1, 0.15) is 18.4 Å². The van der Waals surface area contributed by atoms with Crippen molar-refractivity contribution in [1.29, 1.82) is 0 Å². The van der Waals surface area contributed by atoms with Gasteiger partial charge in [-0.05, 0) is 60.9 Å². The Morgan fingerprint density at radius 1 is 0.892 bits per heavy atom. The average molecular weight is 513 g/mol. The first kappa shape index (κ1) is 24.3. The van der Waals surface area contributed by atoms with Crippen molar-refractivity contribution in [2.24, 2.45) is 0 Å². The third-order valence-electron chi connectivity index (χ3n) is 6.01. The van der Waals surface area contributed by atoms with Crippen molar-refractivity contribution in [3.05, 3.63) is 95.5 Å². The van der Waals surface area contributed by atoms with E-state index >= 15 is 0 Å². The van der Waals surface area contributed by atoms with Gasteiger partial charge in [-0.1, -0.05) is 54.1 Å². The molecule has 37 heavy (non-hydrogen) atoms. The lowest BCUT2D eigenvalue weighted by atomic mass is 10.0. The van der Waals surface area contributed by atoms with E-state index in [1.54, 1.807) is 12.1 Å². The number of para-hydroxylation sites is 2. The van der Waals surface area contributed by atoms with Crippen LogP contribution in [-0.4, -0.2) is 28.4 Å². The van der Waals surface area contributed by atoms with Crippen LogP contribution in [0.4, 0.5) is 0 Å². The summed E-state index contributed by atoms with van der Waals surface area (Å²) in [7, 11) is 0. The van der Waals surface area contributed by atoms with Crippen molar-refractivity contribution in [1.82, 2.24) is 20.8 Å². The molecule has 3 N–H and O–H groups in total. The normalized spacial score (nSPS) is 10.9. The molecule has 0 saturated heterocycles. The highest BCUT2D eigenvalue weighted by Gasteiger charge is 2.16. The maximum atomic E-state index is 12.4. The van der Waals surface area contributed by atoms with Crippen LogP contribution in [0.5, 0.6) is 5.75 Å². The molecule has 5 aromatic rings. The molecule has 0 saturated carbocycles. The van der Waals surface area contributed by atoms with E-state index < -0.39 is 5.91 Å². The number of hydrogen-bond acceptors (Lipinski definition) is 4. The number of benzene rings is 3. The van der Waals surface area contributed by atoms with Crippen molar-refractivity contribution in [3.63, 3.8) is 0 Å². The topological polar surface area (TPSA) is 96.1 Å². The van der Waals surface area contributed by atoms with Crippen LogP contribution in [0.15, 0.2) is 84.9 Å². The van der Waals surface area contributed by atoms with E-state index in [-0.39, 0.29) is 18.9 Å². The number of hydrogen-bond donors (Lipinski definition) is 3. The largest absolute Gasteiger partial charge is 0.484 e. The first-order valence-corrected chi connectivity index (χ1v) is 12.4. The Morgan fingerprint density at radius 2 is 1.68 bits per heavy atom. The number of carbonyl (C=O) groups excluding carboxylic acids is 2. The van der Waals surface area contributed by atoms with E-state index in [9.17, 15) is 9.59 Å². The second-order valence-corrected chi connectivity index (χ2v) is 9.05. The Bertz CT molecular complexity index is 1570. The highest BCUT2D eigenvalue weighted by Crippen LogP contribution is 2.33. The van der Waals surface area contributed by atoms with E-state index in [1.165, 1.54) is 0 Å². The number of H-pyrrole nitrogens is 1. The lowest BCUT2D eigenvalue weighted by Crippen LogP contribution is -2.43. The van der Waals surface area contributed by atoms with Crippen molar-refractivity contribution in [2.45, 2.75) is 19.3 Å². The molecular weight excluding hydrogens is 488 g/mol. The number of aromatic amines is 1. The molecular formula is C29H25ClN4O3. The number of nitrogens with one attached hydrogen (secondary N) is 3. The fourth-order valence-electron chi connectivity index (χ4n) is 4.23. The standard InChI is InChI=1S/C29H25ClN4O3/c30-20-14-16-25-23(17-20)22(29(32-25)26-15-13-19-7-4-5-11-24(19)31-26)10-6-12-27(35)33-34-28(36)18-37-21-8-2-1-3-9-21/h1-5,7-9,11,13-17,32H,6,10,12,18H2,(H,33,35)(H,34,36). The zero-order valence-corrected chi connectivity index (χ0v) is 20.7. The fraction of sp³-hybridized carbons (Fsp3) is 0.138. The summed E-state index contributed by atoms with van der Waals surface area (Å²) >= 11 is 6.30. The number of amides is 2. The van der Waals surface area contributed by atoms with Gasteiger partial charge in [0.25, 0.3) is 5.91 Å². The Labute approximate surface area is 218 Å². The Morgan fingerprint density at radius 3 is 2.54 bits per heavy atom. The van der Waals surface area contributed by atoms with Gasteiger partial charge in [-0.2, -0.15) is 0 Å². The smallest absolute Gasteiger partial charge is 0.276 e. The molecule has 0 spiro atoms. The number of hydrazine groups is 1. The zero-order chi connectivity index (χ0) is 25.6. The monoisotopic (exact) mass is 512 g/mol. The number of ether oxygens (including phenoxy) is 1. The quantitative estimate of drug-likeness (QED) is 0.236. The van der Waals surface area contributed by atoms with Gasteiger partial charge in [-0.3, -0.25) is 20.4 Å². The van der Waals surface area contributed by atoms with E-state index in [1.807, 2.05) is 66.7 Å². The minimum Gasteiger partial charge on any atom is -0.484 e. The van der Waals surface area contributed by atoms with Gasteiger partial charge < -0.3 is 9.72 Å². The molecule has 0 atom stereocenters. The molecule has 0 aliphatic rings. The lowest BCUT2D eigenvalue weighted by Gasteiger charge is -2.09. The maximum absolute atomic E-state index is 12.4. The van der Waals surface area contributed by atoms with Crippen molar-refractivity contribution >= 4 is 45.2 Å². The summed E-state index contributed by atoms with van der Waals surface area (Å²) in [6.07, 6.45) is 1.43. The van der Waals surface area contributed by atoms with Crippen LogP contribution in [0.2, 0.25) is 5.02 Å². The Balaban J connectivity index is 1.23. The van der Waals surface area contributed by atoms with Gasteiger partial charge >= 0.3 is 0 Å². The number of aromatic nitrogens is 2. The van der Waals surface area contributed by atoms with Crippen molar-refractivity contribution in [2.75, 3.05) is 6.61 Å². The van der Waals surface area contributed by atoms with Gasteiger partial charge in [0, 0.05) is 27.7 Å². The Hall–Kier alpha value is -4.36. The predicted molar refractivity (Wildman–Crippen MR) is 145 cm³/mol. The van der Waals surface area contributed by atoms with Gasteiger partial charge in [0.05, 0.1) is 16.9 Å². The van der Waals surface area contributed by atoms with Crippen molar-refractivity contribution < 1.29 is 14.3 Å². The highest BCUT2D eigenvalue weighted by molar-refractivity contribution is 6.31. The SMILES string of the molecule is O=C(CCCc1c(-c2ccc3ccccc3n2)[nH]c2ccc(Cl)cc12)NNC(=O)COc1ccccc1. The van der Waals surface area contributed by atoms with E-state index in [0.717, 1.165) is 38.8 Å². The summed E-state index contributed by atoms with van der Waals surface area (Å²) in [5.74, 6) is -0.135. The van der Waals surface area contributed by atoms with E-state index in [2.05, 4.69) is 21.9 Å². The fourth-order valence-corrected chi connectivity index (χ4v) is 4.40. The second kappa shape index (κ2) is 11.1. The number of halogens is 1. The molecule has 0 radical (unpaired) electrons. The number of aryl methyl sites for hydroxylation is 1. The molecule has 186 valence electrons. The van der Waals surface area contributed by atoms with E-state index in [4.69, 9.17) is 21.3 Å². The summed E-state index contributed by atoms with van der Waals surface area (Å²) in [5.41, 5.74) is 9.50. The summed E-state index contributed by atoms with van der Waals surface area (Å²) < 4.78 is 5.38. The van der Waals surface area contributed by atoms with Gasteiger partial charge in [-0.25, -0.2) is 4.98 Å². The van der Waals surface area contributed by atoms with Gasteiger partial charge in [0.1, 0.15) is 5.75 Å². The van der Waals surface area contributed by atoms with Crippen LogP contribution >= 0.6 is 11.6 Å². The molecule has 2 aromatic heterocycles. The van der Waals surface area contributed by atoms with Gasteiger partial charge in [0.15, 0.2) is 6.61 Å². The van der Waals surface area contributed by atoms with Gasteiger partial charge in [-0.15, -0.1) is 0 Å². The zero-order valence-electron chi connectivity index (χ0n) is 20.0. The van der Waals surface area contributed by atoms with Crippen LogP contribution in [0, 0.1) is 0 Å². The molecule has 0 fully saturated rings. The van der Waals surface area contributed by atoms with Gasteiger partial charge in [0.2, 0.25) is 5.91 Å². The van der Waals surface area contributed by atoms with Crippen LogP contribution in [-0.2, 0) is 16.0 Å². The number of pyridine rings is 1. The summed E-state index contributed by atoms with van der Waals surface area (Å²) in [5, 5.41) is 2.72. The molecule has 0 aliphatic heterocycles. The lowest BCUT2D eigenvalue weighted by molar-refractivity contribution is -0.130. The molecule has 5 rings (SSSR count). The number of nitrogens with zero attached hydrogens (tertiary/aromatic N) is 1.